The summed E-state index contributed by atoms with van der Waals surface area (Å²) in [5, 5.41) is 17.0. The van der Waals surface area contributed by atoms with Crippen molar-refractivity contribution in [1.29, 1.82) is 0 Å². The molecule has 2 aromatic heterocycles. The van der Waals surface area contributed by atoms with E-state index in [9.17, 15) is 19.7 Å². The molecule has 0 unspecified atom stereocenters. The lowest BCUT2D eigenvalue weighted by Crippen LogP contribution is -2.26. The maximum absolute atomic E-state index is 13.6. The van der Waals surface area contributed by atoms with Crippen LogP contribution in [0.2, 0.25) is 5.02 Å². The highest BCUT2D eigenvalue weighted by Gasteiger charge is 2.26. The number of esters is 1. The lowest BCUT2D eigenvalue weighted by molar-refractivity contribution is -0.386. The Kier molecular flexibility index (Phi) is 7.89. The first-order chi connectivity index (χ1) is 20.2. The highest BCUT2D eigenvalue weighted by molar-refractivity contribution is 6.32. The standard InChI is InChI=1S/C29H23ClN4O8/c1-4-40-29(36)16(2)41-26-20(30)12-17(13-22(26)34(37)38)15-31-33-27(32-21-9-6-5-8-18(21)28(33)35)25-14-19-23(39-3)10-7-11-24(19)42-25/h5-16H,4H2,1-3H3/t16-/m0/s1. The van der Waals surface area contributed by atoms with Gasteiger partial charge in [-0.15, -0.1) is 0 Å². The number of furan rings is 1. The molecule has 0 spiro atoms. The number of hydrogen-bond acceptors (Lipinski definition) is 10. The molecule has 2 heterocycles. The molecular weight excluding hydrogens is 568 g/mol. The second-order valence-electron chi connectivity index (χ2n) is 8.92. The van der Waals surface area contributed by atoms with Gasteiger partial charge in [-0.1, -0.05) is 29.8 Å². The molecule has 0 fully saturated rings. The van der Waals surface area contributed by atoms with Crippen LogP contribution in [-0.2, 0) is 9.53 Å². The predicted octanol–water partition coefficient (Wildman–Crippen LogP) is 5.59. The molecule has 0 saturated heterocycles. The molecular formula is C29H23ClN4O8. The summed E-state index contributed by atoms with van der Waals surface area (Å²) in [5.41, 5.74) is 0.112. The molecule has 3 aromatic carbocycles. The van der Waals surface area contributed by atoms with Gasteiger partial charge in [0.1, 0.15) is 11.3 Å². The van der Waals surface area contributed by atoms with Crippen molar-refractivity contribution in [3.8, 4) is 23.1 Å². The molecule has 5 aromatic rings. The van der Waals surface area contributed by atoms with Crippen LogP contribution in [0.15, 0.2) is 75.0 Å². The van der Waals surface area contributed by atoms with Crippen molar-refractivity contribution in [2.45, 2.75) is 20.0 Å². The van der Waals surface area contributed by atoms with E-state index in [0.717, 1.165) is 10.7 Å². The monoisotopic (exact) mass is 590 g/mol. The molecule has 0 radical (unpaired) electrons. The van der Waals surface area contributed by atoms with E-state index in [0.29, 0.717) is 27.6 Å². The average molecular weight is 591 g/mol. The van der Waals surface area contributed by atoms with Gasteiger partial charge in [-0.05, 0) is 50.2 Å². The number of methoxy groups -OCH3 is 1. The minimum atomic E-state index is -1.15. The van der Waals surface area contributed by atoms with Gasteiger partial charge in [-0.2, -0.15) is 9.78 Å². The fourth-order valence-corrected chi connectivity index (χ4v) is 4.52. The Bertz CT molecular complexity index is 1930. The average Bonchev–Trinajstić information content (AvgIpc) is 3.42. The van der Waals surface area contributed by atoms with Crippen molar-refractivity contribution in [3.05, 3.63) is 91.7 Å². The van der Waals surface area contributed by atoms with E-state index in [1.54, 1.807) is 55.5 Å². The quantitative estimate of drug-likeness (QED) is 0.0926. The highest BCUT2D eigenvalue weighted by Crippen LogP contribution is 2.37. The van der Waals surface area contributed by atoms with E-state index in [1.807, 2.05) is 0 Å². The number of nitro benzene ring substituents is 1. The summed E-state index contributed by atoms with van der Waals surface area (Å²) in [6.45, 7) is 3.13. The summed E-state index contributed by atoms with van der Waals surface area (Å²) in [7, 11) is 1.54. The molecule has 0 aliphatic rings. The normalized spacial score (nSPS) is 12.1. The molecule has 0 saturated carbocycles. The number of halogens is 1. The van der Waals surface area contributed by atoms with E-state index in [4.69, 9.17) is 30.2 Å². The number of benzene rings is 3. The van der Waals surface area contributed by atoms with E-state index >= 15 is 0 Å². The summed E-state index contributed by atoms with van der Waals surface area (Å²) in [4.78, 5) is 41.4. The number of fused-ring (bicyclic) bond motifs is 2. The first-order valence-electron chi connectivity index (χ1n) is 12.7. The number of carbonyl (C=O) groups is 1. The van der Waals surface area contributed by atoms with Gasteiger partial charge in [0.25, 0.3) is 5.56 Å². The largest absolute Gasteiger partial charge is 0.496 e. The predicted molar refractivity (Wildman–Crippen MR) is 156 cm³/mol. The Hall–Kier alpha value is -5.23. The number of hydrogen-bond donors (Lipinski definition) is 0. The Morgan fingerprint density at radius 2 is 1.98 bits per heavy atom. The Morgan fingerprint density at radius 3 is 2.71 bits per heavy atom. The van der Waals surface area contributed by atoms with Crippen molar-refractivity contribution >= 4 is 51.3 Å². The molecule has 5 rings (SSSR count). The Morgan fingerprint density at radius 1 is 1.19 bits per heavy atom. The van der Waals surface area contributed by atoms with Crippen molar-refractivity contribution in [2.75, 3.05) is 13.7 Å². The summed E-state index contributed by atoms with van der Waals surface area (Å²) in [6.07, 6.45) is 0.0788. The lowest BCUT2D eigenvalue weighted by Gasteiger charge is -2.14. The summed E-state index contributed by atoms with van der Waals surface area (Å²) < 4.78 is 22.9. The van der Waals surface area contributed by atoms with E-state index in [1.165, 1.54) is 26.3 Å². The molecule has 1 atom stereocenters. The summed E-state index contributed by atoms with van der Waals surface area (Å²) >= 11 is 6.35. The summed E-state index contributed by atoms with van der Waals surface area (Å²) in [6, 6.07) is 16.3. The fourth-order valence-electron chi connectivity index (χ4n) is 4.25. The minimum Gasteiger partial charge on any atom is -0.496 e. The molecule has 0 amide bonds. The number of aromatic nitrogens is 2. The molecule has 12 nitrogen and oxygen atoms in total. The smallest absolute Gasteiger partial charge is 0.347 e. The third-order valence-corrected chi connectivity index (χ3v) is 6.47. The third kappa shape index (κ3) is 5.39. The van der Waals surface area contributed by atoms with Crippen LogP contribution < -0.4 is 15.0 Å². The number of carbonyl (C=O) groups excluding carboxylic acids is 1. The van der Waals surface area contributed by atoms with Crippen LogP contribution in [-0.4, -0.2) is 46.6 Å². The van der Waals surface area contributed by atoms with E-state index < -0.39 is 28.2 Å². The maximum Gasteiger partial charge on any atom is 0.347 e. The van der Waals surface area contributed by atoms with Gasteiger partial charge in [0.2, 0.25) is 11.6 Å². The summed E-state index contributed by atoms with van der Waals surface area (Å²) in [5.74, 6) is -0.0947. The fraction of sp³-hybridized carbons (Fsp3) is 0.172. The Labute approximate surface area is 242 Å². The molecule has 0 aliphatic carbocycles. The number of nitrogens with zero attached hydrogens (tertiary/aromatic N) is 4. The van der Waals surface area contributed by atoms with E-state index in [-0.39, 0.29) is 34.5 Å². The van der Waals surface area contributed by atoms with Crippen LogP contribution in [0.4, 0.5) is 5.69 Å². The Balaban J connectivity index is 1.62. The SMILES string of the molecule is CCOC(=O)[C@H](C)Oc1c(Cl)cc(C=Nn2c(-c3cc4c(OC)cccc4o3)nc3ccccc3c2=O)cc1[N+](=O)[O-]. The van der Waals surface area contributed by atoms with Crippen LogP contribution in [0.3, 0.4) is 0 Å². The van der Waals surface area contributed by atoms with E-state index in [2.05, 4.69) is 10.1 Å². The second-order valence-corrected chi connectivity index (χ2v) is 9.32. The topological polar surface area (TPSA) is 148 Å². The lowest BCUT2D eigenvalue weighted by atomic mass is 10.2. The molecule has 0 bridgehead atoms. The van der Waals surface area contributed by atoms with Gasteiger partial charge in [-0.25, -0.2) is 9.78 Å². The van der Waals surface area contributed by atoms with Crippen molar-refractivity contribution in [2.24, 2.45) is 5.10 Å². The maximum atomic E-state index is 13.6. The van der Waals surface area contributed by atoms with Crippen molar-refractivity contribution in [1.82, 2.24) is 9.66 Å². The van der Waals surface area contributed by atoms with Gasteiger partial charge in [0.05, 0.1) is 46.2 Å². The van der Waals surface area contributed by atoms with Crippen LogP contribution in [0, 0.1) is 10.1 Å². The number of para-hydroxylation sites is 1. The zero-order valence-corrected chi connectivity index (χ0v) is 23.3. The van der Waals surface area contributed by atoms with Crippen LogP contribution in [0.5, 0.6) is 11.5 Å². The zero-order valence-electron chi connectivity index (χ0n) is 22.6. The van der Waals surface area contributed by atoms with Crippen LogP contribution in [0.1, 0.15) is 19.4 Å². The first kappa shape index (κ1) is 28.3. The number of nitro groups is 1. The third-order valence-electron chi connectivity index (χ3n) is 6.19. The van der Waals surface area contributed by atoms with Gasteiger partial charge >= 0.3 is 11.7 Å². The van der Waals surface area contributed by atoms with Crippen LogP contribution in [0.25, 0.3) is 33.5 Å². The van der Waals surface area contributed by atoms with Gasteiger partial charge in [0.15, 0.2) is 11.9 Å². The van der Waals surface area contributed by atoms with Crippen molar-refractivity contribution in [3.63, 3.8) is 0 Å². The molecule has 42 heavy (non-hydrogen) atoms. The van der Waals surface area contributed by atoms with Crippen molar-refractivity contribution < 1.29 is 28.3 Å². The van der Waals surface area contributed by atoms with Gasteiger partial charge in [-0.3, -0.25) is 14.9 Å². The number of rotatable bonds is 9. The molecule has 0 N–H and O–H groups in total. The first-order valence-corrected chi connectivity index (χ1v) is 13.0. The molecule has 214 valence electrons. The zero-order chi connectivity index (χ0) is 30.0. The van der Waals surface area contributed by atoms with Crippen LogP contribution >= 0.6 is 11.6 Å². The molecule has 13 heteroatoms. The number of ether oxygens (including phenoxy) is 3. The highest BCUT2D eigenvalue weighted by atomic mass is 35.5. The second kappa shape index (κ2) is 11.7. The van der Waals surface area contributed by atoms with Gasteiger partial charge in [0, 0.05) is 11.6 Å². The minimum absolute atomic E-state index is 0.0945. The molecule has 0 aliphatic heterocycles. The van der Waals surface area contributed by atoms with Gasteiger partial charge < -0.3 is 18.6 Å².